The maximum absolute atomic E-state index is 5.65. The average Bonchev–Trinajstić information content (AvgIpc) is 2.72. The highest BCUT2D eigenvalue weighted by Crippen LogP contribution is 2.12. The molecule has 0 aliphatic heterocycles. The Bertz CT molecular complexity index is 355. The van der Waals surface area contributed by atoms with E-state index in [4.69, 9.17) is 4.74 Å². The van der Waals surface area contributed by atoms with Crippen LogP contribution >= 0.6 is 11.3 Å². The van der Waals surface area contributed by atoms with E-state index in [1.165, 1.54) is 6.42 Å². The highest BCUT2D eigenvalue weighted by atomic mass is 32.1. The normalized spacial score (nSPS) is 12.3. The summed E-state index contributed by atoms with van der Waals surface area (Å²) < 4.78 is 5.65. The summed E-state index contributed by atoms with van der Waals surface area (Å²) in [6.07, 6.45) is 2.37. The molecule has 0 unspecified atom stereocenters. The van der Waals surface area contributed by atoms with E-state index >= 15 is 0 Å². The molecule has 1 heterocycles. The lowest BCUT2D eigenvalue weighted by Crippen LogP contribution is -2.35. The molecule has 0 fully saturated rings. The summed E-state index contributed by atoms with van der Waals surface area (Å²) in [5.74, 6) is 0.762. The van der Waals surface area contributed by atoms with E-state index in [9.17, 15) is 0 Å². The standard InChI is InChI=1S/C15H28N2OS/c1-12(2)7-6-8-18-10-13-11-19-14(17-13)9-16-15(3,4)5/h11-12,16H,6-10H2,1-5H3. The third kappa shape index (κ3) is 8.35. The second-order valence-electron chi connectivity index (χ2n) is 6.42. The SMILES string of the molecule is CC(C)CCCOCc1csc(CNC(C)(C)C)n1. The molecular weight excluding hydrogens is 256 g/mol. The van der Waals surface area contributed by atoms with Crippen molar-refractivity contribution < 1.29 is 4.74 Å². The Morgan fingerprint density at radius 2 is 2.11 bits per heavy atom. The minimum Gasteiger partial charge on any atom is -0.375 e. The summed E-state index contributed by atoms with van der Waals surface area (Å²) in [6.45, 7) is 13.3. The van der Waals surface area contributed by atoms with Crippen LogP contribution in [0.15, 0.2) is 5.38 Å². The molecule has 0 saturated heterocycles. The number of hydrogen-bond acceptors (Lipinski definition) is 4. The Morgan fingerprint density at radius 3 is 2.74 bits per heavy atom. The summed E-state index contributed by atoms with van der Waals surface area (Å²) in [5.41, 5.74) is 1.19. The molecule has 0 spiro atoms. The third-order valence-electron chi connectivity index (χ3n) is 2.69. The molecule has 110 valence electrons. The predicted molar refractivity (Wildman–Crippen MR) is 82.4 cm³/mol. The largest absolute Gasteiger partial charge is 0.375 e. The topological polar surface area (TPSA) is 34.1 Å². The highest BCUT2D eigenvalue weighted by molar-refractivity contribution is 7.09. The van der Waals surface area contributed by atoms with Crippen molar-refractivity contribution in [2.75, 3.05) is 6.61 Å². The number of thiazole rings is 1. The summed E-state index contributed by atoms with van der Waals surface area (Å²) in [7, 11) is 0. The van der Waals surface area contributed by atoms with Crippen LogP contribution in [0.4, 0.5) is 0 Å². The van der Waals surface area contributed by atoms with Crippen LogP contribution in [-0.2, 0) is 17.9 Å². The molecule has 0 aromatic carbocycles. The molecule has 1 aromatic heterocycles. The monoisotopic (exact) mass is 284 g/mol. The van der Waals surface area contributed by atoms with E-state index in [2.05, 4.69) is 50.3 Å². The smallest absolute Gasteiger partial charge is 0.107 e. The maximum Gasteiger partial charge on any atom is 0.107 e. The van der Waals surface area contributed by atoms with Gasteiger partial charge in [0.1, 0.15) is 5.01 Å². The fraction of sp³-hybridized carbons (Fsp3) is 0.800. The zero-order valence-electron chi connectivity index (χ0n) is 13.0. The van der Waals surface area contributed by atoms with Gasteiger partial charge in [-0.05, 0) is 39.5 Å². The fourth-order valence-electron chi connectivity index (χ4n) is 1.61. The average molecular weight is 284 g/mol. The molecule has 0 aliphatic carbocycles. The van der Waals surface area contributed by atoms with E-state index in [0.717, 1.165) is 36.2 Å². The first-order valence-corrected chi connectivity index (χ1v) is 8.01. The first kappa shape index (κ1) is 16.6. The van der Waals surface area contributed by atoms with Crippen molar-refractivity contribution in [1.82, 2.24) is 10.3 Å². The summed E-state index contributed by atoms with van der Waals surface area (Å²) in [4.78, 5) is 4.58. The van der Waals surface area contributed by atoms with Crippen molar-refractivity contribution in [1.29, 1.82) is 0 Å². The molecule has 0 amide bonds. The van der Waals surface area contributed by atoms with Gasteiger partial charge in [-0.3, -0.25) is 0 Å². The Balaban J connectivity index is 2.20. The molecular formula is C15H28N2OS. The molecule has 3 nitrogen and oxygen atoms in total. The number of hydrogen-bond donors (Lipinski definition) is 1. The van der Waals surface area contributed by atoms with Crippen molar-refractivity contribution in [2.24, 2.45) is 5.92 Å². The Morgan fingerprint density at radius 1 is 1.37 bits per heavy atom. The second kappa shape index (κ2) is 7.98. The minimum atomic E-state index is 0.138. The lowest BCUT2D eigenvalue weighted by Gasteiger charge is -2.19. The number of nitrogens with zero attached hydrogens (tertiary/aromatic N) is 1. The minimum absolute atomic E-state index is 0.138. The molecule has 0 radical (unpaired) electrons. The molecule has 1 N–H and O–H groups in total. The van der Waals surface area contributed by atoms with Crippen molar-refractivity contribution >= 4 is 11.3 Å². The van der Waals surface area contributed by atoms with Crippen molar-refractivity contribution in [3.05, 3.63) is 16.1 Å². The molecule has 1 rings (SSSR count). The van der Waals surface area contributed by atoms with Gasteiger partial charge in [0.25, 0.3) is 0 Å². The van der Waals surface area contributed by atoms with Crippen LogP contribution in [0.25, 0.3) is 0 Å². The number of rotatable bonds is 8. The van der Waals surface area contributed by atoms with E-state index in [-0.39, 0.29) is 5.54 Å². The van der Waals surface area contributed by atoms with E-state index in [1.54, 1.807) is 11.3 Å². The van der Waals surface area contributed by atoms with Crippen molar-refractivity contribution in [3.63, 3.8) is 0 Å². The van der Waals surface area contributed by atoms with E-state index in [0.29, 0.717) is 6.61 Å². The van der Waals surface area contributed by atoms with E-state index < -0.39 is 0 Å². The quantitative estimate of drug-likeness (QED) is 0.733. The lowest BCUT2D eigenvalue weighted by atomic mass is 10.1. The predicted octanol–water partition coefficient (Wildman–Crippen LogP) is 3.98. The summed E-state index contributed by atoms with van der Waals surface area (Å²) >= 11 is 1.71. The molecule has 0 aliphatic rings. The van der Waals surface area contributed by atoms with Crippen LogP contribution in [0, 0.1) is 5.92 Å². The zero-order valence-corrected chi connectivity index (χ0v) is 13.8. The van der Waals surface area contributed by atoms with E-state index in [1.807, 2.05) is 0 Å². The fourth-order valence-corrected chi connectivity index (χ4v) is 2.33. The number of nitrogens with one attached hydrogen (secondary N) is 1. The number of ether oxygens (including phenoxy) is 1. The highest BCUT2D eigenvalue weighted by Gasteiger charge is 2.10. The van der Waals surface area contributed by atoms with Gasteiger partial charge in [0.15, 0.2) is 0 Å². The lowest BCUT2D eigenvalue weighted by molar-refractivity contribution is 0.112. The molecule has 1 aromatic rings. The first-order chi connectivity index (χ1) is 8.87. The maximum atomic E-state index is 5.65. The van der Waals surface area contributed by atoms with Crippen LogP contribution in [0.3, 0.4) is 0 Å². The Labute approximate surface area is 121 Å². The molecule has 0 bridgehead atoms. The van der Waals surface area contributed by atoms with Crippen LogP contribution in [-0.4, -0.2) is 17.1 Å². The third-order valence-corrected chi connectivity index (χ3v) is 3.59. The second-order valence-corrected chi connectivity index (χ2v) is 7.37. The zero-order chi connectivity index (χ0) is 14.3. The molecule has 19 heavy (non-hydrogen) atoms. The van der Waals surface area contributed by atoms with Crippen LogP contribution < -0.4 is 5.32 Å². The van der Waals surface area contributed by atoms with Gasteiger partial charge in [-0.2, -0.15) is 0 Å². The first-order valence-electron chi connectivity index (χ1n) is 7.13. The van der Waals surface area contributed by atoms with Gasteiger partial charge in [-0.15, -0.1) is 11.3 Å². The number of aromatic nitrogens is 1. The van der Waals surface area contributed by atoms with Crippen molar-refractivity contribution in [3.8, 4) is 0 Å². The van der Waals surface area contributed by atoms with Crippen LogP contribution in [0.2, 0.25) is 0 Å². The van der Waals surface area contributed by atoms with Gasteiger partial charge in [0.05, 0.1) is 12.3 Å². The van der Waals surface area contributed by atoms with Gasteiger partial charge >= 0.3 is 0 Å². The van der Waals surface area contributed by atoms with Crippen LogP contribution in [0.5, 0.6) is 0 Å². The van der Waals surface area contributed by atoms with Crippen molar-refractivity contribution in [2.45, 2.75) is 66.2 Å². The Hall–Kier alpha value is -0.450. The van der Waals surface area contributed by atoms with Gasteiger partial charge in [-0.1, -0.05) is 13.8 Å². The summed E-state index contributed by atoms with van der Waals surface area (Å²) in [5, 5.41) is 6.68. The summed E-state index contributed by atoms with van der Waals surface area (Å²) in [6, 6.07) is 0. The molecule has 0 atom stereocenters. The van der Waals surface area contributed by atoms with Gasteiger partial charge in [0.2, 0.25) is 0 Å². The van der Waals surface area contributed by atoms with Crippen LogP contribution in [0.1, 0.15) is 58.2 Å². The van der Waals surface area contributed by atoms with Gasteiger partial charge in [0, 0.05) is 24.1 Å². The van der Waals surface area contributed by atoms with Gasteiger partial charge < -0.3 is 10.1 Å². The van der Waals surface area contributed by atoms with Gasteiger partial charge in [-0.25, -0.2) is 4.98 Å². The molecule has 0 saturated carbocycles. The Kier molecular flexibility index (Phi) is 6.97. The molecule has 4 heteroatoms.